The molecule has 1 fully saturated rings. The number of esters is 1. The van der Waals surface area contributed by atoms with Crippen molar-refractivity contribution in [3.63, 3.8) is 0 Å². The van der Waals surface area contributed by atoms with Gasteiger partial charge in [0.2, 0.25) is 0 Å². The third-order valence-electron chi connectivity index (χ3n) is 4.28. The van der Waals surface area contributed by atoms with Crippen LogP contribution < -0.4 is 0 Å². The Kier molecular flexibility index (Phi) is 3.92. The molecule has 112 valence electrons. The average molecular weight is 289 g/mol. The summed E-state index contributed by atoms with van der Waals surface area (Å²) in [5, 5.41) is 9.19. The first-order valence-corrected chi connectivity index (χ1v) is 7.31. The Morgan fingerprint density at radius 2 is 2.14 bits per heavy atom. The van der Waals surface area contributed by atoms with Crippen LogP contribution in [0.1, 0.15) is 47.8 Å². The van der Waals surface area contributed by atoms with Gasteiger partial charge in [-0.3, -0.25) is 0 Å². The smallest absolute Gasteiger partial charge is 0.337 e. The lowest BCUT2D eigenvalue weighted by molar-refractivity contribution is 0.0601. The Morgan fingerprint density at radius 1 is 1.38 bits per heavy atom. The highest BCUT2D eigenvalue weighted by molar-refractivity contribution is 5.93. The number of oxazole rings is 1. The van der Waals surface area contributed by atoms with Crippen LogP contribution in [0, 0.1) is 5.92 Å². The van der Waals surface area contributed by atoms with Gasteiger partial charge in [0.15, 0.2) is 11.5 Å². The molecule has 0 saturated heterocycles. The van der Waals surface area contributed by atoms with Crippen molar-refractivity contribution in [3.8, 4) is 0 Å². The summed E-state index contributed by atoms with van der Waals surface area (Å²) >= 11 is 0. The quantitative estimate of drug-likeness (QED) is 0.880. The highest BCUT2D eigenvalue weighted by Crippen LogP contribution is 2.36. The zero-order valence-electron chi connectivity index (χ0n) is 12.0. The number of fused-ring (bicyclic) bond motifs is 1. The summed E-state index contributed by atoms with van der Waals surface area (Å²) in [5.74, 6) is 1.09. The molecule has 0 amide bonds. The van der Waals surface area contributed by atoms with Gasteiger partial charge in [-0.2, -0.15) is 0 Å². The maximum absolute atomic E-state index is 11.5. The molecule has 2 aromatic rings. The van der Waals surface area contributed by atoms with Gasteiger partial charge in [-0.15, -0.1) is 0 Å². The number of ether oxygens (including phenoxy) is 1. The van der Waals surface area contributed by atoms with E-state index in [1.54, 1.807) is 18.2 Å². The van der Waals surface area contributed by atoms with Crippen LogP contribution in [0.25, 0.3) is 11.1 Å². The van der Waals surface area contributed by atoms with Crippen LogP contribution in [-0.4, -0.2) is 29.8 Å². The van der Waals surface area contributed by atoms with Crippen LogP contribution in [0.3, 0.4) is 0 Å². The third-order valence-corrected chi connectivity index (χ3v) is 4.28. The highest BCUT2D eigenvalue weighted by atomic mass is 16.5. The number of aromatic nitrogens is 1. The minimum absolute atomic E-state index is 0.267. The molecule has 1 N–H and O–H groups in total. The van der Waals surface area contributed by atoms with E-state index in [0.717, 1.165) is 31.6 Å². The maximum atomic E-state index is 11.5. The lowest BCUT2D eigenvalue weighted by Gasteiger charge is -2.24. The van der Waals surface area contributed by atoms with Gasteiger partial charge < -0.3 is 14.3 Å². The lowest BCUT2D eigenvalue weighted by atomic mass is 9.82. The second-order valence-electron chi connectivity index (χ2n) is 5.63. The average Bonchev–Trinajstić information content (AvgIpc) is 2.97. The minimum atomic E-state index is -0.370. The zero-order valence-corrected chi connectivity index (χ0v) is 12.0. The molecule has 0 unspecified atom stereocenters. The number of carbonyl (C=O) groups is 1. The van der Waals surface area contributed by atoms with Crippen LogP contribution >= 0.6 is 0 Å². The van der Waals surface area contributed by atoms with Crippen molar-refractivity contribution in [1.82, 2.24) is 4.98 Å². The van der Waals surface area contributed by atoms with E-state index in [4.69, 9.17) is 9.15 Å². The number of carbonyl (C=O) groups excluding carboxylic acids is 1. The van der Waals surface area contributed by atoms with Crippen LogP contribution in [0.2, 0.25) is 0 Å². The van der Waals surface area contributed by atoms with E-state index in [1.165, 1.54) is 7.11 Å². The molecule has 1 aromatic heterocycles. The molecule has 1 heterocycles. The van der Waals surface area contributed by atoms with E-state index in [0.29, 0.717) is 28.5 Å². The number of benzene rings is 1. The molecule has 3 rings (SSSR count). The molecule has 1 aromatic carbocycles. The minimum Gasteiger partial charge on any atom is -0.465 e. The fraction of sp³-hybridized carbons (Fsp3) is 0.500. The molecule has 1 saturated carbocycles. The molecule has 0 bridgehead atoms. The predicted octanol–water partition coefficient (Wildman–Crippen LogP) is 2.88. The highest BCUT2D eigenvalue weighted by Gasteiger charge is 2.25. The Morgan fingerprint density at radius 3 is 2.81 bits per heavy atom. The van der Waals surface area contributed by atoms with Crippen LogP contribution in [0.15, 0.2) is 22.6 Å². The molecule has 21 heavy (non-hydrogen) atoms. The molecule has 5 nitrogen and oxygen atoms in total. The van der Waals surface area contributed by atoms with Gasteiger partial charge in [-0.1, -0.05) is 0 Å². The number of rotatable bonds is 3. The second-order valence-corrected chi connectivity index (χ2v) is 5.63. The van der Waals surface area contributed by atoms with E-state index in [9.17, 15) is 9.90 Å². The SMILES string of the molecule is COC(=O)c1ccc2oc([C@H]3CC[C@H](CO)CC3)nc2c1. The van der Waals surface area contributed by atoms with E-state index in [-0.39, 0.29) is 12.6 Å². The summed E-state index contributed by atoms with van der Waals surface area (Å²) in [4.78, 5) is 16.1. The van der Waals surface area contributed by atoms with Crippen molar-refractivity contribution in [2.45, 2.75) is 31.6 Å². The van der Waals surface area contributed by atoms with E-state index in [2.05, 4.69) is 4.98 Å². The van der Waals surface area contributed by atoms with Gasteiger partial charge in [0.25, 0.3) is 0 Å². The van der Waals surface area contributed by atoms with Crippen molar-refractivity contribution in [2.24, 2.45) is 5.92 Å². The summed E-state index contributed by atoms with van der Waals surface area (Å²) in [6, 6.07) is 5.15. The Labute approximate surface area is 122 Å². The Balaban J connectivity index is 1.83. The fourth-order valence-corrected chi connectivity index (χ4v) is 2.96. The Bertz CT molecular complexity index is 641. The van der Waals surface area contributed by atoms with Crippen LogP contribution in [-0.2, 0) is 4.74 Å². The van der Waals surface area contributed by atoms with Crippen molar-refractivity contribution in [3.05, 3.63) is 29.7 Å². The monoisotopic (exact) mass is 289 g/mol. The summed E-state index contributed by atoms with van der Waals surface area (Å²) in [5.41, 5.74) is 1.87. The summed E-state index contributed by atoms with van der Waals surface area (Å²) in [6.45, 7) is 0.267. The van der Waals surface area contributed by atoms with Crippen LogP contribution in [0.5, 0.6) is 0 Å². The Hall–Kier alpha value is -1.88. The number of hydrogen-bond acceptors (Lipinski definition) is 5. The molecule has 1 aliphatic carbocycles. The number of nitrogens with zero attached hydrogens (tertiary/aromatic N) is 1. The number of hydrogen-bond donors (Lipinski definition) is 1. The molecule has 0 spiro atoms. The number of methoxy groups -OCH3 is 1. The topological polar surface area (TPSA) is 72.6 Å². The van der Waals surface area contributed by atoms with Gasteiger partial charge >= 0.3 is 5.97 Å². The first-order chi connectivity index (χ1) is 10.2. The molecule has 0 aliphatic heterocycles. The predicted molar refractivity (Wildman–Crippen MR) is 77.1 cm³/mol. The number of aliphatic hydroxyl groups is 1. The molecular weight excluding hydrogens is 270 g/mol. The molecule has 0 radical (unpaired) electrons. The van der Waals surface area contributed by atoms with Crippen molar-refractivity contribution >= 4 is 17.1 Å². The van der Waals surface area contributed by atoms with Crippen molar-refractivity contribution in [2.75, 3.05) is 13.7 Å². The van der Waals surface area contributed by atoms with Crippen molar-refractivity contribution in [1.29, 1.82) is 0 Å². The van der Waals surface area contributed by atoms with Crippen LogP contribution in [0.4, 0.5) is 0 Å². The number of aliphatic hydroxyl groups excluding tert-OH is 1. The largest absolute Gasteiger partial charge is 0.465 e. The van der Waals surface area contributed by atoms with Gasteiger partial charge in [0, 0.05) is 12.5 Å². The van der Waals surface area contributed by atoms with Gasteiger partial charge in [0.05, 0.1) is 12.7 Å². The first kappa shape index (κ1) is 14.1. The molecular formula is C16H19NO4. The second kappa shape index (κ2) is 5.85. The van der Waals surface area contributed by atoms with E-state index >= 15 is 0 Å². The summed E-state index contributed by atoms with van der Waals surface area (Å²) in [6.07, 6.45) is 3.99. The summed E-state index contributed by atoms with van der Waals surface area (Å²) in [7, 11) is 1.36. The fourth-order valence-electron chi connectivity index (χ4n) is 2.96. The standard InChI is InChI=1S/C16H19NO4/c1-20-16(19)12-6-7-14-13(8-12)17-15(21-14)11-4-2-10(9-18)3-5-11/h6-8,10-11,18H,2-5,9H2,1H3/t10-,11-. The normalized spacial score (nSPS) is 22.4. The van der Waals surface area contributed by atoms with Crippen molar-refractivity contribution < 1.29 is 19.1 Å². The summed E-state index contributed by atoms with van der Waals surface area (Å²) < 4.78 is 10.5. The molecule has 5 heteroatoms. The van der Waals surface area contributed by atoms with Gasteiger partial charge in [-0.05, 0) is 49.8 Å². The lowest BCUT2D eigenvalue weighted by Crippen LogP contribution is -2.16. The van der Waals surface area contributed by atoms with Gasteiger partial charge in [0.1, 0.15) is 5.52 Å². The zero-order chi connectivity index (χ0) is 14.8. The molecule has 1 aliphatic rings. The molecule has 0 atom stereocenters. The first-order valence-electron chi connectivity index (χ1n) is 7.31. The third kappa shape index (κ3) is 2.78. The van der Waals surface area contributed by atoms with E-state index in [1.807, 2.05) is 0 Å². The van der Waals surface area contributed by atoms with E-state index < -0.39 is 0 Å². The maximum Gasteiger partial charge on any atom is 0.337 e. The van der Waals surface area contributed by atoms with Gasteiger partial charge in [-0.25, -0.2) is 9.78 Å².